The van der Waals surface area contributed by atoms with Gasteiger partial charge in [-0.2, -0.15) is 0 Å². The molecule has 2 rings (SSSR count). The molecule has 20 heavy (non-hydrogen) atoms. The Labute approximate surface area is 131 Å². The zero-order valence-electron chi connectivity index (χ0n) is 12.4. The van der Waals surface area contributed by atoms with Gasteiger partial charge in [-0.25, -0.2) is 4.98 Å². The minimum Gasteiger partial charge on any atom is -0.369 e. The van der Waals surface area contributed by atoms with Crippen LogP contribution in [0.3, 0.4) is 0 Å². The Morgan fingerprint density at radius 2 is 2.00 bits per heavy atom. The van der Waals surface area contributed by atoms with Gasteiger partial charge in [0.2, 0.25) is 0 Å². The fourth-order valence-electron chi connectivity index (χ4n) is 2.87. The van der Waals surface area contributed by atoms with Gasteiger partial charge in [0.15, 0.2) is 0 Å². The second-order valence-corrected chi connectivity index (χ2v) is 7.10. The highest BCUT2D eigenvalue weighted by atomic mass is 35.5. The van der Waals surface area contributed by atoms with Crippen molar-refractivity contribution in [3.05, 3.63) is 16.1 Å². The van der Waals surface area contributed by atoms with E-state index in [1.807, 2.05) is 6.92 Å². The van der Waals surface area contributed by atoms with Crippen LogP contribution in [0.15, 0.2) is 6.07 Å². The van der Waals surface area contributed by atoms with E-state index in [9.17, 15) is 0 Å². The first-order valence-corrected chi connectivity index (χ1v) is 8.03. The number of hydrogen-bond acceptors (Lipinski definition) is 3. The van der Waals surface area contributed by atoms with Crippen LogP contribution in [0.4, 0.5) is 11.6 Å². The number of rotatable bonds is 4. The lowest BCUT2D eigenvalue weighted by atomic mass is 9.75. The van der Waals surface area contributed by atoms with Gasteiger partial charge in [0.1, 0.15) is 11.6 Å². The van der Waals surface area contributed by atoms with Gasteiger partial charge in [0.05, 0.1) is 10.0 Å². The molecular formula is C15H23Cl2N3. The number of anilines is 2. The quantitative estimate of drug-likeness (QED) is 0.801. The van der Waals surface area contributed by atoms with Gasteiger partial charge < -0.3 is 10.6 Å². The number of pyridine rings is 1. The molecular weight excluding hydrogens is 293 g/mol. The third-order valence-corrected chi connectivity index (χ3v) is 4.40. The van der Waals surface area contributed by atoms with E-state index in [-0.39, 0.29) is 0 Å². The topological polar surface area (TPSA) is 37.0 Å². The van der Waals surface area contributed by atoms with Gasteiger partial charge in [0, 0.05) is 12.6 Å². The van der Waals surface area contributed by atoms with Gasteiger partial charge in [0.25, 0.3) is 0 Å². The minimum atomic E-state index is 0.388. The number of aromatic nitrogens is 1. The highest BCUT2D eigenvalue weighted by Crippen LogP contribution is 2.37. The lowest BCUT2D eigenvalue weighted by Crippen LogP contribution is -2.32. The second-order valence-electron chi connectivity index (χ2n) is 6.28. The van der Waals surface area contributed by atoms with Crippen LogP contribution >= 0.6 is 23.2 Å². The number of nitrogens with zero attached hydrogens (tertiary/aromatic N) is 1. The highest BCUT2D eigenvalue weighted by Gasteiger charge is 2.28. The largest absolute Gasteiger partial charge is 0.369 e. The van der Waals surface area contributed by atoms with Gasteiger partial charge in [-0.3, -0.25) is 0 Å². The number of halogens is 2. The summed E-state index contributed by atoms with van der Waals surface area (Å²) in [7, 11) is 0. The zero-order valence-corrected chi connectivity index (χ0v) is 13.9. The van der Waals surface area contributed by atoms with Crippen LogP contribution in [0.5, 0.6) is 0 Å². The van der Waals surface area contributed by atoms with Crippen molar-refractivity contribution in [2.24, 2.45) is 5.41 Å². The number of hydrogen-bond donors (Lipinski definition) is 2. The van der Waals surface area contributed by atoms with Crippen molar-refractivity contribution in [3.8, 4) is 0 Å². The standard InChI is InChI=1S/C15H23Cl2N3/c1-4-18-13-11(16)8-12(17)14(20-13)19-10-6-5-7-15(2,3)9-10/h8,10H,4-7,9H2,1-3H3,(H2,18,19,20). The Hall–Kier alpha value is -0.670. The maximum absolute atomic E-state index is 6.25. The molecule has 0 radical (unpaired) electrons. The summed E-state index contributed by atoms with van der Waals surface area (Å²) < 4.78 is 0. The van der Waals surface area contributed by atoms with E-state index in [1.54, 1.807) is 6.07 Å². The van der Waals surface area contributed by atoms with Crippen LogP contribution < -0.4 is 10.6 Å². The van der Waals surface area contributed by atoms with Gasteiger partial charge in [-0.05, 0) is 37.7 Å². The van der Waals surface area contributed by atoms with E-state index >= 15 is 0 Å². The van der Waals surface area contributed by atoms with Crippen molar-refractivity contribution in [1.82, 2.24) is 4.98 Å². The summed E-state index contributed by atoms with van der Waals surface area (Å²) in [6.07, 6.45) is 4.84. The SMILES string of the molecule is CCNc1nc(NC2CCCC(C)(C)C2)c(Cl)cc1Cl. The van der Waals surface area contributed by atoms with E-state index in [2.05, 4.69) is 29.5 Å². The van der Waals surface area contributed by atoms with Crippen LogP contribution in [0.25, 0.3) is 0 Å². The third-order valence-electron chi connectivity index (χ3n) is 3.82. The van der Waals surface area contributed by atoms with Crippen LogP contribution in [0, 0.1) is 5.41 Å². The second kappa shape index (κ2) is 6.40. The maximum atomic E-state index is 6.25. The van der Waals surface area contributed by atoms with E-state index < -0.39 is 0 Å². The summed E-state index contributed by atoms with van der Waals surface area (Å²) in [4.78, 5) is 4.52. The summed E-state index contributed by atoms with van der Waals surface area (Å²) in [5, 5.41) is 7.79. The average Bonchev–Trinajstić information content (AvgIpc) is 2.34. The molecule has 1 heterocycles. The number of nitrogens with one attached hydrogen (secondary N) is 2. The van der Waals surface area contributed by atoms with Crippen LogP contribution in [-0.4, -0.2) is 17.6 Å². The molecule has 0 aromatic carbocycles. The first-order valence-electron chi connectivity index (χ1n) is 7.28. The predicted octanol–water partition coefficient (Wildman–Crippen LogP) is 5.20. The normalized spacial score (nSPS) is 21.6. The van der Waals surface area contributed by atoms with E-state index in [0.717, 1.165) is 18.8 Å². The summed E-state index contributed by atoms with van der Waals surface area (Å²) in [6, 6.07) is 2.18. The molecule has 1 aliphatic rings. The average molecular weight is 316 g/mol. The molecule has 1 aromatic rings. The molecule has 0 bridgehead atoms. The predicted molar refractivity (Wildman–Crippen MR) is 88.1 cm³/mol. The molecule has 1 fully saturated rings. The van der Waals surface area contributed by atoms with Crippen molar-refractivity contribution in [2.45, 2.75) is 52.5 Å². The Morgan fingerprint density at radius 3 is 2.65 bits per heavy atom. The monoisotopic (exact) mass is 315 g/mol. The molecule has 1 saturated carbocycles. The molecule has 0 aliphatic heterocycles. The molecule has 0 amide bonds. The fourth-order valence-corrected chi connectivity index (χ4v) is 3.35. The van der Waals surface area contributed by atoms with Crippen molar-refractivity contribution in [3.63, 3.8) is 0 Å². The molecule has 1 aliphatic carbocycles. The zero-order chi connectivity index (χ0) is 14.8. The van der Waals surface area contributed by atoms with E-state index in [4.69, 9.17) is 23.2 Å². The Balaban J connectivity index is 2.14. The molecule has 112 valence electrons. The first kappa shape index (κ1) is 15.7. The lowest BCUT2D eigenvalue weighted by Gasteiger charge is -2.36. The van der Waals surface area contributed by atoms with Gasteiger partial charge in [-0.1, -0.05) is 43.5 Å². The molecule has 0 saturated heterocycles. The van der Waals surface area contributed by atoms with Crippen molar-refractivity contribution in [1.29, 1.82) is 0 Å². The van der Waals surface area contributed by atoms with Crippen molar-refractivity contribution < 1.29 is 0 Å². The summed E-state index contributed by atoms with van der Waals surface area (Å²) >= 11 is 12.4. The minimum absolute atomic E-state index is 0.388. The van der Waals surface area contributed by atoms with Gasteiger partial charge >= 0.3 is 0 Å². The third kappa shape index (κ3) is 3.92. The summed E-state index contributed by atoms with van der Waals surface area (Å²) in [5.41, 5.74) is 0.388. The Morgan fingerprint density at radius 1 is 1.30 bits per heavy atom. The fraction of sp³-hybridized carbons (Fsp3) is 0.667. The summed E-state index contributed by atoms with van der Waals surface area (Å²) in [6.45, 7) is 7.44. The molecule has 2 N–H and O–H groups in total. The van der Waals surface area contributed by atoms with Crippen LogP contribution in [-0.2, 0) is 0 Å². The van der Waals surface area contributed by atoms with Gasteiger partial charge in [-0.15, -0.1) is 0 Å². The Bertz CT molecular complexity index is 474. The molecule has 1 unspecified atom stereocenters. The van der Waals surface area contributed by atoms with E-state index in [0.29, 0.717) is 27.3 Å². The first-order chi connectivity index (χ1) is 9.41. The van der Waals surface area contributed by atoms with Crippen molar-refractivity contribution >= 4 is 34.8 Å². The van der Waals surface area contributed by atoms with E-state index in [1.165, 1.54) is 19.3 Å². The molecule has 1 atom stereocenters. The maximum Gasteiger partial charge on any atom is 0.147 e. The lowest BCUT2D eigenvalue weighted by molar-refractivity contribution is 0.229. The molecule has 1 aromatic heterocycles. The van der Waals surface area contributed by atoms with Crippen LogP contribution in [0.2, 0.25) is 10.0 Å². The summed E-state index contributed by atoms with van der Waals surface area (Å²) in [5.74, 6) is 1.42. The molecule has 3 nitrogen and oxygen atoms in total. The molecule has 0 spiro atoms. The van der Waals surface area contributed by atoms with Crippen LogP contribution in [0.1, 0.15) is 46.5 Å². The van der Waals surface area contributed by atoms with Crippen molar-refractivity contribution in [2.75, 3.05) is 17.2 Å². The highest BCUT2D eigenvalue weighted by molar-refractivity contribution is 6.37. The molecule has 5 heteroatoms. The smallest absolute Gasteiger partial charge is 0.147 e. The Kier molecular flexibility index (Phi) is 5.03.